The molecule has 0 amide bonds. The molecule has 4 heteroatoms. The van der Waals surface area contributed by atoms with E-state index in [2.05, 4.69) is 0 Å². The molecule has 0 aromatic heterocycles. The van der Waals surface area contributed by atoms with Crippen molar-refractivity contribution in [2.45, 2.75) is 6.42 Å². The van der Waals surface area contributed by atoms with Gasteiger partial charge in [0.05, 0.1) is 20.8 Å². The molecule has 1 aliphatic rings. The predicted octanol–water partition coefficient (Wildman–Crippen LogP) is 2.03. The third-order valence-electron chi connectivity index (χ3n) is 2.63. The molecule has 2 rings (SSSR count). The van der Waals surface area contributed by atoms with E-state index >= 15 is 0 Å². The van der Waals surface area contributed by atoms with Gasteiger partial charge in [0.15, 0.2) is 11.5 Å². The van der Waals surface area contributed by atoms with E-state index in [0.717, 1.165) is 5.56 Å². The van der Waals surface area contributed by atoms with Crippen LogP contribution in [0.3, 0.4) is 0 Å². The van der Waals surface area contributed by atoms with Crippen LogP contribution < -0.4 is 9.47 Å². The molecular weight excluding hydrogens is 220 g/mol. The van der Waals surface area contributed by atoms with Gasteiger partial charge < -0.3 is 14.2 Å². The summed E-state index contributed by atoms with van der Waals surface area (Å²) in [5.41, 5.74) is 1.48. The van der Waals surface area contributed by atoms with Gasteiger partial charge in [-0.2, -0.15) is 0 Å². The molecule has 4 nitrogen and oxygen atoms in total. The number of methoxy groups -OCH3 is 2. The first kappa shape index (κ1) is 11.5. The summed E-state index contributed by atoms with van der Waals surface area (Å²) in [5.74, 6) is 1.02. The molecule has 0 atom stereocenters. The Morgan fingerprint density at radius 1 is 1.29 bits per heavy atom. The van der Waals surface area contributed by atoms with Crippen LogP contribution in [-0.2, 0) is 9.53 Å². The Morgan fingerprint density at radius 3 is 2.71 bits per heavy atom. The van der Waals surface area contributed by atoms with Gasteiger partial charge in [0.1, 0.15) is 0 Å². The highest BCUT2D eigenvalue weighted by atomic mass is 16.5. The molecule has 0 saturated carbocycles. The first-order valence-corrected chi connectivity index (χ1v) is 5.35. The third-order valence-corrected chi connectivity index (χ3v) is 2.63. The first-order chi connectivity index (χ1) is 8.26. The minimum Gasteiger partial charge on any atom is -0.493 e. The van der Waals surface area contributed by atoms with Crippen molar-refractivity contribution in [2.24, 2.45) is 0 Å². The molecule has 0 radical (unpaired) electrons. The van der Waals surface area contributed by atoms with E-state index in [1.165, 1.54) is 0 Å². The second kappa shape index (κ2) is 4.91. The molecule has 0 aliphatic carbocycles. The van der Waals surface area contributed by atoms with Gasteiger partial charge in [0.25, 0.3) is 0 Å². The minimum atomic E-state index is -0.255. The Bertz CT molecular complexity index is 462. The van der Waals surface area contributed by atoms with Crippen LogP contribution in [0.2, 0.25) is 0 Å². The van der Waals surface area contributed by atoms with Crippen molar-refractivity contribution in [3.63, 3.8) is 0 Å². The average molecular weight is 234 g/mol. The van der Waals surface area contributed by atoms with Crippen LogP contribution in [0.1, 0.15) is 12.0 Å². The lowest BCUT2D eigenvalue weighted by molar-refractivity contribution is -0.134. The summed E-state index contributed by atoms with van der Waals surface area (Å²) in [6, 6.07) is 5.54. The molecule has 1 saturated heterocycles. The quantitative estimate of drug-likeness (QED) is 0.593. The summed E-state index contributed by atoms with van der Waals surface area (Å²) < 4.78 is 15.4. The number of para-hydroxylation sites is 1. The lowest BCUT2D eigenvalue weighted by Crippen LogP contribution is -1.96. The lowest BCUT2D eigenvalue weighted by Gasteiger charge is -2.10. The van der Waals surface area contributed by atoms with Gasteiger partial charge in [0.2, 0.25) is 0 Å². The van der Waals surface area contributed by atoms with E-state index in [1.54, 1.807) is 20.3 Å². The fraction of sp³-hybridized carbons (Fsp3) is 0.308. The van der Waals surface area contributed by atoms with Crippen molar-refractivity contribution in [1.29, 1.82) is 0 Å². The predicted molar refractivity (Wildman–Crippen MR) is 63.1 cm³/mol. The highest BCUT2D eigenvalue weighted by molar-refractivity contribution is 5.95. The first-order valence-electron chi connectivity index (χ1n) is 5.35. The molecule has 0 N–H and O–H groups in total. The Labute approximate surface area is 99.8 Å². The topological polar surface area (TPSA) is 44.8 Å². The fourth-order valence-electron chi connectivity index (χ4n) is 1.79. The van der Waals surface area contributed by atoms with Gasteiger partial charge >= 0.3 is 5.97 Å². The number of hydrogen-bond donors (Lipinski definition) is 0. The number of hydrogen-bond acceptors (Lipinski definition) is 4. The van der Waals surface area contributed by atoms with Crippen LogP contribution in [0.25, 0.3) is 6.08 Å². The number of carbonyl (C=O) groups excluding carboxylic acids is 1. The van der Waals surface area contributed by atoms with Crippen molar-refractivity contribution in [3.05, 3.63) is 29.3 Å². The van der Waals surface area contributed by atoms with Crippen molar-refractivity contribution >= 4 is 12.0 Å². The van der Waals surface area contributed by atoms with Crippen LogP contribution in [-0.4, -0.2) is 26.8 Å². The van der Waals surface area contributed by atoms with Gasteiger partial charge in [0, 0.05) is 17.6 Å². The van der Waals surface area contributed by atoms with Gasteiger partial charge in [-0.05, 0) is 12.1 Å². The second-order valence-corrected chi connectivity index (χ2v) is 3.64. The van der Waals surface area contributed by atoms with Gasteiger partial charge in [-0.1, -0.05) is 12.1 Å². The standard InChI is InChI=1S/C13H14O4/c1-15-11-5-3-4-9(12(11)16-2)8-10-6-7-17-13(10)14/h3-5,8H,6-7H2,1-2H3. The van der Waals surface area contributed by atoms with Crippen molar-refractivity contribution in [1.82, 2.24) is 0 Å². The fourth-order valence-corrected chi connectivity index (χ4v) is 1.79. The smallest absolute Gasteiger partial charge is 0.334 e. The normalized spacial score (nSPS) is 17.1. The molecular formula is C13H14O4. The number of esters is 1. The Kier molecular flexibility index (Phi) is 3.32. The van der Waals surface area contributed by atoms with E-state index in [1.807, 2.05) is 18.2 Å². The SMILES string of the molecule is COc1cccc(C=C2CCOC2=O)c1OC. The maximum atomic E-state index is 11.4. The molecule has 1 heterocycles. The largest absolute Gasteiger partial charge is 0.493 e. The Morgan fingerprint density at radius 2 is 2.12 bits per heavy atom. The van der Waals surface area contributed by atoms with Gasteiger partial charge in [-0.25, -0.2) is 4.79 Å². The summed E-state index contributed by atoms with van der Waals surface area (Å²) in [4.78, 5) is 11.4. The summed E-state index contributed by atoms with van der Waals surface area (Å²) >= 11 is 0. The molecule has 0 spiro atoms. The summed E-state index contributed by atoms with van der Waals surface area (Å²) in [6.07, 6.45) is 2.43. The minimum absolute atomic E-state index is 0.255. The van der Waals surface area contributed by atoms with Gasteiger partial charge in [-0.3, -0.25) is 0 Å². The molecule has 1 aromatic rings. The molecule has 17 heavy (non-hydrogen) atoms. The number of ether oxygens (including phenoxy) is 3. The van der Waals surface area contributed by atoms with Crippen LogP contribution in [0.15, 0.2) is 23.8 Å². The molecule has 1 aliphatic heterocycles. The van der Waals surface area contributed by atoms with Crippen molar-refractivity contribution in [2.75, 3.05) is 20.8 Å². The average Bonchev–Trinajstić information content (AvgIpc) is 2.74. The van der Waals surface area contributed by atoms with E-state index < -0.39 is 0 Å². The highest BCUT2D eigenvalue weighted by Gasteiger charge is 2.19. The second-order valence-electron chi connectivity index (χ2n) is 3.64. The summed E-state index contributed by atoms with van der Waals surface area (Å²) in [5, 5.41) is 0. The molecule has 0 bridgehead atoms. The molecule has 90 valence electrons. The lowest BCUT2D eigenvalue weighted by atomic mass is 10.1. The number of benzene rings is 1. The summed E-state index contributed by atoms with van der Waals surface area (Å²) in [7, 11) is 3.16. The van der Waals surface area contributed by atoms with Crippen LogP contribution in [0, 0.1) is 0 Å². The summed E-state index contributed by atoms with van der Waals surface area (Å²) in [6.45, 7) is 0.455. The van der Waals surface area contributed by atoms with Crippen LogP contribution in [0.5, 0.6) is 11.5 Å². The highest BCUT2D eigenvalue weighted by Crippen LogP contribution is 2.33. The third kappa shape index (κ3) is 2.25. The zero-order chi connectivity index (χ0) is 12.3. The van der Waals surface area contributed by atoms with Crippen molar-refractivity contribution < 1.29 is 19.0 Å². The number of carbonyl (C=O) groups is 1. The zero-order valence-electron chi connectivity index (χ0n) is 9.86. The molecule has 1 aromatic carbocycles. The molecule has 0 unspecified atom stereocenters. The van der Waals surface area contributed by atoms with E-state index in [0.29, 0.717) is 30.1 Å². The Hall–Kier alpha value is -1.97. The number of rotatable bonds is 3. The maximum absolute atomic E-state index is 11.4. The van der Waals surface area contributed by atoms with Crippen LogP contribution >= 0.6 is 0 Å². The van der Waals surface area contributed by atoms with Crippen LogP contribution in [0.4, 0.5) is 0 Å². The van der Waals surface area contributed by atoms with Gasteiger partial charge in [-0.15, -0.1) is 0 Å². The van der Waals surface area contributed by atoms with E-state index in [9.17, 15) is 4.79 Å². The van der Waals surface area contributed by atoms with Crippen molar-refractivity contribution in [3.8, 4) is 11.5 Å². The monoisotopic (exact) mass is 234 g/mol. The zero-order valence-corrected chi connectivity index (χ0v) is 9.86. The Balaban J connectivity index is 2.41. The number of cyclic esters (lactones) is 1. The maximum Gasteiger partial charge on any atom is 0.334 e. The van der Waals surface area contributed by atoms with E-state index in [4.69, 9.17) is 14.2 Å². The molecule has 1 fully saturated rings. The van der Waals surface area contributed by atoms with E-state index in [-0.39, 0.29) is 5.97 Å².